The summed E-state index contributed by atoms with van der Waals surface area (Å²) in [6.45, 7) is 6.12. The van der Waals surface area contributed by atoms with Gasteiger partial charge in [0.15, 0.2) is 5.16 Å². The van der Waals surface area contributed by atoms with Crippen LogP contribution in [-0.2, 0) is 22.6 Å². The van der Waals surface area contributed by atoms with Crippen molar-refractivity contribution in [1.82, 2.24) is 14.8 Å². The molecule has 1 aromatic heterocycles. The molecule has 31 heavy (non-hydrogen) atoms. The predicted octanol–water partition coefficient (Wildman–Crippen LogP) is 4.34. The topological polar surface area (TPSA) is 88.9 Å². The van der Waals surface area contributed by atoms with Crippen LogP contribution in [0.4, 0.5) is 11.4 Å². The van der Waals surface area contributed by atoms with Gasteiger partial charge in [0.2, 0.25) is 11.8 Å². The van der Waals surface area contributed by atoms with Gasteiger partial charge < -0.3 is 15.2 Å². The van der Waals surface area contributed by atoms with Gasteiger partial charge in [-0.25, -0.2) is 0 Å². The SMILES string of the molecule is C=CCn1c(CC(=O)Nc2ccccc2C)nnc1SCC(=O)Nc1ccc(Cl)cc1. The molecule has 7 nitrogen and oxygen atoms in total. The van der Waals surface area contributed by atoms with E-state index in [9.17, 15) is 9.59 Å². The maximum Gasteiger partial charge on any atom is 0.234 e. The van der Waals surface area contributed by atoms with Crippen molar-refractivity contribution >= 4 is 46.6 Å². The molecule has 160 valence electrons. The number of benzene rings is 2. The number of hydrogen-bond acceptors (Lipinski definition) is 5. The number of aromatic nitrogens is 3. The number of nitrogens with one attached hydrogen (secondary N) is 2. The molecular formula is C22H22ClN5O2S. The lowest BCUT2D eigenvalue weighted by Crippen LogP contribution is -2.18. The number of halogens is 1. The van der Waals surface area contributed by atoms with Gasteiger partial charge in [-0.05, 0) is 42.8 Å². The number of anilines is 2. The summed E-state index contributed by atoms with van der Waals surface area (Å²) in [6, 6.07) is 14.4. The van der Waals surface area contributed by atoms with E-state index >= 15 is 0 Å². The van der Waals surface area contributed by atoms with Crippen molar-refractivity contribution in [2.75, 3.05) is 16.4 Å². The average molecular weight is 456 g/mol. The van der Waals surface area contributed by atoms with Gasteiger partial charge in [0.25, 0.3) is 0 Å². The number of carbonyl (C=O) groups is 2. The number of hydrogen-bond donors (Lipinski definition) is 2. The van der Waals surface area contributed by atoms with Crippen LogP contribution >= 0.6 is 23.4 Å². The van der Waals surface area contributed by atoms with Gasteiger partial charge in [-0.15, -0.1) is 16.8 Å². The number of carbonyl (C=O) groups excluding carboxylic acids is 2. The minimum Gasteiger partial charge on any atom is -0.325 e. The number of thioether (sulfide) groups is 1. The molecule has 0 saturated carbocycles. The van der Waals surface area contributed by atoms with Gasteiger partial charge in [-0.1, -0.05) is 47.6 Å². The second kappa shape index (κ2) is 10.8. The molecule has 1 heterocycles. The van der Waals surface area contributed by atoms with E-state index in [0.717, 1.165) is 11.3 Å². The second-order valence-corrected chi connectivity index (χ2v) is 8.06. The highest BCUT2D eigenvalue weighted by atomic mass is 35.5. The molecule has 0 spiro atoms. The van der Waals surface area contributed by atoms with Crippen LogP contribution in [0, 0.1) is 6.92 Å². The molecule has 2 amide bonds. The standard InChI is InChI=1S/C22H22ClN5O2S/c1-3-12-28-19(13-20(29)25-18-7-5-4-6-15(18)2)26-27-22(28)31-14-21(30)24-17-10-8-16(23)9-11-17/h3-11H,1,12-14H2,2H3,(H,24,30)(H,25,29). The molecule has 9 heteroatoms. The lowest BCUT2D eigenvalue weighted by atomic mass is 10.2. The van der Waals surface area contributed by atoms with E-state index in [1.165, 1.54) is 11.8 Å². The van der Waals surface area contributed by atoms with Crippen molar-refractivity contribution in [2.24, 2.45) is 0 Å². The third kappa shape index (κ3) is 6.44. The Labute approximate surface area is 189 Å². The van der Waals surface area contributed by atoms with Gasteiger partial charge in [-0.3, -0.25) is 9.59 Å². The number of aryl methyl sites for hydroxylation is 1. The van der Waals surface area contributed by atoms with E-state index in [4.69, 9.17) is 11.6 Å². The highest BCUT2D eigenvalue weighted by Gasteiger charge is 2.16. The van der Waals surface area contributed by atoms with Crippen LogP contribution in [0.15, 0.2) is 66.3 Å². The maximum atomic E-state index is 12.5. The Hall–Kier alpha value is -3.10. The Morgan fingerprint density at radius 1 is 1.10 bits per heavy atom. The summed E-state index contributed by atoms with van der Waals surface area (Å²) < 4.78 is 1.78. The number of nitrogens with zero attached hydrogens (tertiary/aromatic N) is 3. The van der Waals surface area contributed by atoms with Crippen LogP contribution in [-0.4, -0.2) is 32.3 Å². The Bertz CT molecular complexity index is 1080. The molecule has 0 atom stereocenters. The monoisotopic (exact) mass is 455 g/mol. The van der Waals surface area contributed by atoms with E-state index in [1.807, 2.05) is 31.2 Å². The molecule has 0 aliphatic heterocycles. The Morgan fingerprint density at radius 3 is 2.55 bits per heavy atom. The maximum absolute atomic E-state index is 12.5. The summed E-state index contributed by atoms with van der Waals surface area (Å²) in [7, 11) is 0. The number of amides is 2. The molecule has 3 aromatic rings. The highest BCUT2D eigenvalue weighted by Crippen LogP contribution is 2.20. The molecule has 0 aliphatic carbocycles. The molecule has 3 rings (SSSR count). The Kier molecular flexibility index (Phi) is 7.86. The third-order valence-corrected chi connectivity index (χ3v) is 5.52. The first-order valence-electron chi connectivity index (χ1n) is 9.53. The van der Waals surface area contributed by atoms with E-state index in [-0.39, 0.29) is 24.0 Å². The summed E-state index contributed by atoms with van der Waals surface area (Å²) in [5.41, 5.74) is 2.40. The van der Waals surface area contributed by atoms with Crippen molar-refractivity contribution in [3.8, 4) is 0 Å². The van der Waals surface area contributed by atoms with Gasteiger partial charge in [0, 0.05) is 22.9 Å². The molecule has 0 unspecified atom stereocenters. The predicted molar refractivity (Wildman–Crippen MR) is 125 cm³/mol. The van der Waals surface area contributed by atoms with Crippen LogP contribution in [0.3, 0.4) is 0 Å². The zero-order valence-corrected chi connectivity index (χ0v) is 18.5. The van der Waals surface area contributed by atoms with Gasteiger partial charge >= 0.3 is 0 Å². The van der Waals surface area contributed by atoms with E-state index in [1.54, 1.807) is 34.9 Å². The molecule has 2 N–H and O–H groups in total. The first-order valence-corrected chi connectivity index (χ1v) is 10.9. The fourth-order valence-electron chi connectivity index (χ4n) is 2.78. The zero-order chi connectivity index (χ0) is 22.2. The molecule has 2 aromatic carbocycles. The number of para-hydroxylation sites is 1. The summed E-state index contributed by atoms with van der Waals surface area (Å²) in [4.78, 5) is 24.7. The van der Waals surface area contributed by atoms with Crippen LogP contribution in [0.2, 0.25) is 5.02 Å². The first-order chi connectivity index (χ1) is 15.0. The van der Waals surface area contributed by atoms with Gasteiger partial charge in [-0.2, -0.15) is 0 Å². The van der Waals surface area contributed by atoms with Crippen LogP contribution in [0.1, 0.15) is 11.4 Å². The first kappa shape index (κ1) is 22.6. The van der Waals surface area contributed by atoms with Crippen molar-refractivity contribution in [2.45, 2.75) is 25.0 Å². The molecule has 0 saturated heterocycles. The van der Waals surface area contributed by atoms with Crippen molar-refractivity contribution in [3.05, 3.63) is 77.6 Å². The molecule has 0 bridgehead atoms. The zero-order valence-electron chi connectivity index (χ0n) is 17.0. The lowest BCUT2D eigenvalue weighted by molar-refractivity contribution is -0.116. The quantitative estimate of drug-likeness (QED) is 0.370. The average Bonchev–Trinajstić information content (AvgIpc) is 3.11. The fourth-order valence-corrected chi connectivity index (χ4v) is 3.67. The molecule has 0 aliphatic rings. The van der Waals surface area contributed by atoms with Crippen molar-refractivity contribution in [3.63, 3.8) is 0 Å². The second-order valence-electron chi connectivity index (χ2n) is 6.68. The van der Waals surface area contributed by atoms with Crippen LogP contribution in [0.25, 0.3) is 0 Å². The largest absolute Gasteiger partial charge is 0.325 e. The van der Waals surface area contributed by atoms with E-state index < -0.39 is 0 Å². The van der Waals surface area contributed by atoms with Crippen LogP contribution in [0.5, 0.6) is 0 Å². The number of allylic oxidation sites excluding steroid dienone is 1. The summed E-state index contributed by atoms with van der Waals surface area (Å²) in [5, 5.41) is 15.1. The minimum atomic E-state index is -0.191. The smallest absolute Gasteiger partial charge is 0.234 e. The summed E-state index contributed by atoms with van der Waals surface area (Å²) in [6.07, 6.45) is 1.76. The van der Waals surface area contributed by atoms with Crippen LogP contribution < -0.4 is 10.6 Å². The van der Waals surface area contributed by atoms with Crippen molar-refractivity contribution < 1.29 is 9.59 Å². The Morgan fingerprint density at radius 2 is 1.84 bits per heavy atom. The van der Waals surface area contributed by atoms with E-state index in [2.05, 4.69) is 27.4 Å². The summed E-state index contributed by atoms with van der Waals surface area (Å²) >= 11 is 7.10. The Balaban J connectivity index is 1.62. The fraction of sp³-hybridized carbons (Fsp3) is 0.182. The highest BCUT2D eigenvalue weighted by molar-refractivity contribution is 7.99. The molecular weight excluding hydrogens is 434 g/mol. The van der Waals surface area contributed by atoms with Gasteiger partial charge in [0.1, 0.15) is 5.82 Å². The normalized spacial score (nSPS) is 10.5. The van der Waals surface area contributed by atoms with E-state index in [0.29, 0.717) is 28.2 Å². The number of rotatable bonds is 9. The third-order valence-electron chi connectivity index (χ3n) is 4.30. The summed E-state index contributed by atoms with van der Waals surface area (Å²) in [5.74, 6) is 0.280. The molecule has 0 radical (unpaired) electrons. The van der Waals surface area contributed by atoms with Gasteiger partial charge in [0.05, 0.1) is 12.2 Å². The molecule has 0 fully saturated rings. The minimum absolute atomic E-state index is 0.0622. The van der Waals surface area contributed by atoms with Crippen molar-refractivity contribution in [1.29, 1.82) is 0 Å². The lowest BCUT2D eigenvalue weighted by Gasteiger charge is -2.10.